The van der Waals surface area contributed by atoms with E-state index in [1.165, 1.54) is 4.90 Å². The van der Waals surface area contributed by atoms with Gasteiger partial charge in [-0.15, -0.1) is 11.8 Å². The number of aromatic nitrogens is 1. The molecule has 0 aliphatic heterocycles. The quantitative estimate of drug-likeness (QED) is 0.724. The minimum atomic E-state index is 0.263. The van der Waals surface area contributed by atoms with E-state index in [0.717, 1.165) is 6.42 Å². The van der Waals surface area contributed by atoms with Crippen molar-refractivity contribution < 1.29 is 5.11 Å². The van der Waals surface area contributed by atoms with E-state index in [0.29, 0.717) is 5.25 Å². The topological polar surface area (TPSA) is 33.1 Å². The first-order chi connectivity index (χ1) is 5.83. The molecule has 1 aromatic heterocycles. The lowest BCUT2D eigenvalue weighted by Gasteiger charge is -2.07. The summed E-state index contributed by atoms with van der Waals surface area (Å²) < 4.78 is 0. The van der Waals surface area contributed by atoms with Crippen LogP contribution in [-0.2, 0) is 0 Å². The summed E-state index contributed by atoms with van der Waals surface area (Å²) >= 11 is 1.77. The fraction of sp³-hybridized carbons (Fsp3) is 0.444. The molecule has 66 valence electrons. The molecule has 1 atom stereocenters. The van der Waals surface area contributed by atoms with Crippen LogP contribution < -0.4 is 0 Å². The van der Waals surface area contributed by atoms with Gasteiger partial charge in [0.15, 0.2) is 0 Å². The van der Waals surface area contributed by atoms with Crippen molar-refractivity contribution in [1.29, 1.82) is 0 Å². The summed E-state index contributed by atoms with van der Waals surface area (Å²) in [6, 6.07) is 3.97. The molecule has 2 nitrogen and oxygen atoms in total. The smallest absolute Gasteiger partial charge is 0.0441 e. The van der Waals surface area contributed by atoms with Crippen LogP contribution in [0.15, 0.2) is 29.4 Å². The van der Waals surface area contributed by atoms with Crippen LogP contribution in [0.4, 0.5) is 0 Å². The van der Waals surface area contributed by atoms with Gasteiger partial charge in [0, 0.05) is 29.1 Å². The van der Waals surface area contributed by atoms with Gasteiger partial charge in [-0.05, 0) is 18.6 Å². The number of pyridine rings is 1. The second-order valence-electron chi connectivity index (χ2n) is 2.62. The molecule has 0 spiro atoms. The zero-order chi connectivity index (χ0) is 8.81. The molecule has 1 rings (SSSR count). The van der Waals surface area contributed by atoms with Gasteiger partial charge in [-0.25, -0.2) is 0 Å². The zero-order valence-electron chi connectivity index (χ0n) is 7.10. The summed E-state index contributed by atoms with van der Waals surface area (Å²) in [7, 11) is 0. The summed E-state index contributed by atoms with van der Waals surface area (Å²) in [4.78, 5) is 5.15. The Hall–Kier alpha value is -0.540. The van der Waals surface area contributed by atoms with Crippen molar-refractivity contribution in [2.45, 2.75) is 23.5 Å². The van der Waals surface area contributed by atoms with Crippen LogP contribution in [0, 0.1) is 0 Å². The molecule has 0 aliphatic carbocycles. The number of aliphatic hydroxyl groups is 1. The fourth-order valence-corrected chi connectivity index (χ4v) is 1.86. The molecule has 0 amide bonds. The van der Waals surface area contributed by atoms with Crippen molar-refractivity contribution in [3.63, 3.8) is 0 Å². The van der Waals surface area contributed by atoms with Crippen LogP contribution in [0.2, 0.25) is 0 Å². The van der Waals surface area contributed by atoms with Gasteiger partial charge in [-0.1, -0.05) is 6.92 Å². The Balaban J connectivity index is 2.41. The summed E-state index contributed by atoms with van der Waals surface area (Å²) in [6.07, 6.45) is 4.41. The Morgan fingerprint density at radius 2 is 2.17 bits per heavy atom. The van der Waals surface area contributed by atoms with Crippen LogP contribution in [0.5, 0.6) is 0 Å². The maximum atomic E-state index is 8.69. The molecule has 0 aromatic carbocycles. The van der Waals surface area contributed by atoms with Crippen molar-refractivity contribution >= 4 is 11.8 Å². The molecular weight excluding hydrogens is 170 g/mol. The van der Waals surface area contributed by atoms with Gasteiger partial charge in [0.05, 0.1) is 0 Å². The Morgan fingerprint density at radius 3 is 2.75 bits per heavy atom. The van der Waals surface area contributed by atoms with Crippen LogP contribution in [0.3, 0.4) is 0 Å². The minimum Gasteiger partial charge on any atom is -0.396 e. The summed E-state index contributed by atoms with van der Waals surface area (Å²) in [5.41, 5.74) is 0. The van der Waals surface area contributed by atoms with Gasteiger partial charge in [-0.3, -0.25) is 4.98 Å². The third-order valence-corrected chi connectivity index (χ3v) is 2.71. The van der Waals surface area contributed by atoms with Crippen LogP contribution in [0.1, 0.15) is 13.3 Å². The van der Waals surface area contributed by atoms with E-state index < -0.39 is 0 Å². The lowest BCUT2D eigenvalue weighted by Crippen LogP contribution is -1.98. The highest BCUT2D eigenvalue weighted by Crippen LogP contribution is 2.23. The van der Waals surface area contributed by atoms with Gasteiger partial charge >= 0.3 is 0 Å². The largest absolute Gasteiger partial charge is 0.396 e. The minimum absolute atomic E-state index is 0.263. The van der Waals surface area contributed by atoms with E-state index >= 15 is 0 Å². The van der Waals surface area contributed by atoms with E-state index in [-0.39, 0.29) is 6.61 Å². The average molecular weight is 183 g/mol. The third kappa shape index (κ3) is 3.24. The van der Waals surface area contributed by atoms with Crippen LogP contribution in [0.25, 0.3) is 0 Å². The van der Waals surface area contributed by atoms with E-state index in [9.17, 15) is 0 Å². The maximum Gasteiger partial charge on any atom is 0.0441 e. The van der Waals surface area contributed by atoms with Gasteiger partial charge in [-0.2, -0.15) is 0 Å². The second kappa shape index (κ2) is 5.17. The molecule has 1 aromatic rings. The third-order valence-electron chi connectivity index (χ3n) is 1.52. The number of rotatable bonds is 4. The first kappa shape index (κ1) is 9.55. The number of hydrogen-bond acceptors (Lipinski definition) is 3. The Morgan fingerprint density at radius 1 is 1.50 bits per heavy atom. The molecule has 0 fully saturated rings. The van der Waals surface area contributed by atoms with Crippen LogP contribution >= 0.6 is 11.8 Å². The standard InChI is InChI=1S/C9H13NOS/c1-8(4-7-11)12-9-2-5-10-6-3-9/h2-3,5-6,8,11H,4,7H2,1H3. The lowest BCUT2D eigenvalue weighted by atomic mass is 10.3. The monoisotopic (exact) mass is 183 g/mol. The second-order valence-corrected chi connectivity index (χ2v) is 4.14. The van der Waals surface area contributed by atoms with Crippen molar-refractivity contribution in [1.82, 2.24) is 4.98 Å². The lowest BCUT2D eigenvalue weighted by molar-refractivity contribution is 0.289. The Kier molecular flexibility index (Phi) is 4.11. The summed E-state index contributed by atoms with van der Waals surface area (Å²) in [5.74, 6) is 0. The predicted molar refractivity (Wildman–Crippen MR) is 51.3 cm³/mol. The van der Waals surface area contributed by atoms with Crippen molar-refractivity contribution in [2.24, 2.45) is 0 Å². The highest BCUT2D eigenvalue weighted by Gasteiger charge is 2.02. The van der Waals surface area contributed by atoms with Crippen molar-refractivity contribution in [3.05, 3.63) is 24.5 Å². The van der Waals surface area contributed by atoms with Gasteiger partial charge in [0.2, 0.25) is 0 Å². The summed E-state index contributed by atoms with van der Waals surface area (Å²) in [5, 5.41) is 9.16. The number of hydrogen-bond donors (Lipinski definition) is 1. The Labute approximate surface area is 77.0 Å². The van der Waals surface area contributed by atoms with Gasteiger partial charge in [0.1, 0.15) is 0 Å². The number of thioether (sulfide) groups is 1. The Bertz CT molecular complexity index is 215. The molecule has 1 N–H and O–H groups in total. The molecule has 0 radical (unpaired) electrons. The first-order valence-corrected chi connectivity index (χ1v) is 4.88. The zero-order valence-corrected chi connectivity index (χ0v) is 7.92. The van der Waals surface area contributed by atoms with Crippen molar-refractivity contribution in [3.8, 4) is 0 Å². The number of aliphatic hydroxyl groups excluding tert-OH is 1. The SMILES string of the molecule is CC(CCO)Sc1ccncc1. The van der Waals surface area contributed by atoms with Crippen molar-refractivity contribution in [2.75, 3.05) is 6.61 Å². The normalized spacial score (nSPS) is 12.8. The molecule has 0 bridgehead atoms. The van der Waals surface area contributed by atoms with E-state index in [2.05, 4.69) is 11.9 Å². The number of nitrogens with zero attached hydrogens (tertiary/aromatic N) is 1. The van der Waals surface area contributed by atoms with E-state index in [4.69, 9.17) is 5.11 Å². The average Bonchev–Trinajstić information content (AvgIpc) is 2.06. The molecule has 1 unspecified atom stereocenters. The molecule has 0 saturated heterocycles. The summed E-state index contributed by atoms with van der Waals surface area (Å²) in [6.45, 7) is 2.38. The molecule has 0 saturated carbocycles. The highest BCUT2D eigenvalue weighted by atomic mass is 32.2. The molecule has 0 aliphatic rings. The van der Waals surface area contributed by atoms with E-state index in [1.54, 1.807) is 24.2 Å². The molecule has 1 heterocycles. The molecule has 3 heteroatoms. The maximum absolute atomic E-state index is 8.69. The van der Waals surface area contributed by atoms with Gasteiger partial charge < -0.3 is 5.11 Å². The van der Waals surface area contributed by atoms with Gasteiger partial charge in [0.25, 0.3) is 0 Å². The first-order valence-electron chi connectivity index (χ1n) is 4.00. The highest BCUT2D eigenvalue weighted by molar-refractivity contribution is 7.99. The van der Waals surface area contributed by atoms with E-state index in [1.807, 2.05) is 12.1 Å². The fourth-order valence-electron chi connectivity index (χ4n) is 0.890. The molecular formula is C9H13NOS. The predicted octanol–water partition coefficient (Wildman–Crippen LogP) is 1.94. The van der Waals surface area contributed by atoms with Crippen LogP contribution in [-0.4, -0.2) is 21.9 Å². The molecule has 12 heavy (non-hydrogen) atoms.